The molecule has 0 radical (unpaired) electrons. The third-order valence-corrected chi connectivity index (χ3v) is 8.46. The van der Waals surface area contributed by atoms with Crippen LogP contribution in [0.15, 0.2) is 72.8 Å². The smallest absolute Gasteiger partial charge is 0.118 e. The molecule has 1 heterocycles. The highest BCUT2D eigenvalue weighted by Crippen LogP contribution is 2.33. The number of hydrogen-bond acceptors (Lipinski definition) is 5. The third kappa shape index (κ3) is 9.07. The fourth-order valence-electron chi connectivity index (χ4n) is 5.72. The molecule has 4 rings (SSSR count). The van der Waals surface area contributed by atoms with E-state index in [9.17, 15) is 0 Å². The van der Waals surface area contributed by atoms with Gasteiger partial charge in [-0.15, -0.1) is 46.4 Å². The first-order valence-corrected chi connectivity index (χ1v) is 16.8. The molecule has 0 aromatic heterocycles. The molecule has 9 heteroatoms. The average molecular weight is 653 g/mol. The van der Waals surface area contributed by atoms with E-state index in [0.717, 1.165) is 75.9 Å². The van der Waals surface area contributed by atoms with Crippen LogP contribution in [0.25, 0.3) is 0 Å². The van der Waals surface area contributed by atoms with Gasteiger partial charge in [0, 0.05) is 87.3 Å². The standard InChI is InChI=1S/C33H42Cl4N4O/c1-42-32-13-7-29(8-14-32)33-40(25-27-3-9-30(10-4-27)38(21-15-34)22-16-35)19-2-20-41(33)26-28-5-11-31(12-6-28)39(23-17-36)24-18-37/h3-14,33H,2,15-26H2,1H3. The van der Waals surface area contributed by atoms with E-state index in [4.69, 9.17) is 51.1 Å². The maximum Gasteiger partial charge on any atom is 0.118 e. The van der Waals surface area contributed by atoms with Gasteiger partial charge >= 0.3 is 0 Å². The predicted octanol–water partition coefficient (Wildman–Crippen LogP) is 7.67. The van der Waals surface area contributed by atoms with Crippen LogP contribution in [0.5, 0.6) is 5.75 Å². The highest BCUT2D eigenvalue weighted by molar-refractivity contribution is 6.19. The van der Waals surface area contributed by atoms with E-state index in [1.54, 1.807) is 7.11 Å². The van der Waals surface area contributed by atoms with Gasteiger partial charge in [-0.1, -0.05) is 36.4 Å². The molecular formula is C33H42Cl4N4O. The summed E-state index contributed by atoms with van der Waals surface area (Å²) in [6, 6.07) is 26.2. The summed E-state index contributed by atoms with van der Waals surface area (Å²) in [6.45, 7) is 6.93. The van der Waals surface area contributed by atoms with Gasteiger partial charge in [0.1, 0.15) is 5.75 Å². The second-order valence-electron chi connectivity index (χ2n) is 10.5. The number of ether oxygens (including phenoxy) is 1. The van der Waals surface area contributed by atoms with Crippen LogP contribution in [0, 0.1) is 0 Å². The number of rotatable bonds is 16. The number of nitrogens with zero attached hydrogens (tertiary/aromatic N) is 4. The van der Waals surface area contributed by atoms with Crippen molar-refractivity contribution in [2.45, 2.75) is 25.7 Å². The van der Waals surface area contributed by atoms with Gasteiger partial charge in [-0.25, -0.2) is 0 Å². The van der Waals surface area contributed by atoms with Crippen molar-refractivity contribution < 1.29 is 4.74 Å². The fraction of sp³-hybridized carbons (Fsp3) is 0.455. The Morgan fingerprint density at radius 3 is 1.38 bits per heavy atom. The number of alkyl halides is 4. The topological polar surface area (TPSA) is 22.2 Å². The second-order valence-corrected chi connectivity index (χ2v) is 12.0. The molecular weight excluding hydrogens is 610 g/mol. The zero-order valence-electron chi connectivity index (χ0n) is 24.4. The molecule has 0 unspecified atom stereocenters. The predicted molar refractivity (Wildman–Crippen MR) is 181 cm³/mol. The Kier molecular flexibility index (Phi) is 13.7. The molecule has 1 saturated heterocycles. The first-order valence-electron chi connectivity index (χ1n) is 14.6. The molecule has 42 heavy (non-hydrogen) atoms. The van der Waals surface area contributed by atoms with Crippen molar-refractivity contribution in [3.63, 3.8) is 0 Å². The molecule has 0 N–H and O–H groups in total. The molecule has 1 fully saturated rings. The van der Waals surface area contributed by atoms with E-state index in [1.165, 1.54) is 16.7 Å². The van der Waals surface area contributed by atoms with Crippen molar-refractivity contribution in [1.82, 2.24) is 9.80 Å². The molecule has 0 amide bonds. The summed E-state index contributed by atoms with van der Waals surface area (Å²) < 4.78 is 5.46. The molecule has 3 aromatic rings. The molecule has 1 aliphatic heterocycles. The summed E-state index contributed by atoms with van der Waals surface area (Å²) in [5, 5.41) is 0. The summed E-state index contributed by atoms with van der Waals surface area (Å²) in [7, 11) is 1.71. The number of halogens is 4. The fourth-order valence-corrected chi connectivity index (χ4v) is 6.54. The van der Waals surface area contributed by atoms with Gasteiger partial charge in [0.15, 0.2) is 0 Å². The van der Waals surface area contributed by atoms with Crippen molar-refractivity contribution in [3.05, 3.63) is 89.5 Å². The van der Waals surface area contributed by atoms with Crippen LogP contribution in [0.2, 0.25) is 0 Å². The van der Waals surface area contributed by atoms with E-state index < -0.39 is 0 Å². The minimum atomic E-state index is 0.150. The summed E-state index contributed by atoms with van der Waals surface area (Å²) in [4.78, 5) is 9.66. The number of anilines is 2. The van der Waals surface area contributed by atoms with E-state index in [0.29, 0.717) is 23.5 Å². The summed E-state index contributed by atoms with van der Waals surface area (Å²) in [5.41, 5.74) is 6.17. The van der Waals surface area contributed by atoms with Gasteiger partial charge < -0.3 is 14.5 Å². The highest BCUT2D eigenvalue weighted by atomic mass is 35.5. The first-order chi connectivity index (χ1) is 20.6. The Balaban J connectivity index is 1.54. The van der Waals surface area contributed by atoms with E-state index in [-0.39, 0.29) is 6.17 Å². The lowest BCUT2D eigenvalue weighted by atomic mass is 10.0. The molecule has 3 aromatic carbocycles. The molecule has 5 nitrogen and oxygen atoms in total. The maximum atomic E-state index is 6.04. The van der Waals surface area contributed by atoms with Crippen molar-refractivity contribution >= 4 is 57.8 Å². The third-order valence-electron chi connectivity index (χ3n) is 7.79. The van der Waals surface area contributed by atoms with Gasteiger partial charge in [-0.3, -0.25) is 9.80 Å². The Morgan fingerprint density at radius 1 is 0.619 bits per heavy atom. The lowest BCUT2D eigenvalue weighted by Crippen LogP contribution is -2.46. The van der Waals surface area contributed by atoms with E-state index in [2.05, 4.69) is 92.4 Å². The van der Waals surface area contributed by atoms with Gasteiger partial charge in [-0.2, -0.15) is 0 Å². The highest BCUT2D eigenvalue weighted by Gasteiger charge is 2.31. The number of methoxy groups -OCH3 is 1. The Morgan fingerprint density at radius 2 is 1.02 bits per heavy atom. The van der Waals surface area contributed by atoms with E-state index in [1.807, 2.05) is 0 Å². The average Bonchev–Trinajstić information content (AvgIpc) is 3.02. The Labute approximate surface area is 271 Å². The van der Waals surface area contributed by atoms with Crippen LogP contribution in [0.4, 0.5) is 11.4 Å². The minimum absolute atomic E-state index is 0.150. The first kappa shape index (κ1) is 33.0. The van der Waals surface area contributed by atoms with Crippen LogP contribution in [-0.2, 0) is 13.1 Å². The normalized spacial score (nSPS) is 14.7. The molecule has 0 bridgehead atoms. The van der Waals surface area contributed by atoms with Crippen molar-refractivity contribution in [2.24, 2.45) is 0 Å². The lowest BCUT2D eigenvalue weighted by molar-refractivity contribution is -0.00910. The number of hydrogen-bond donors (Lipinski definition) is 0. The SMILES string of the molecule is COc1ccc(C2N(Cc3ccc(N(CCCl)CCCl)cc3)CCCN2Cc2ccc(N(CCCl)CCCl)cc2)cc1. The van der Waals surface area contributed by atoms with Crippen molar-refractivity contribution in [2.75, 3.05) is 79.7 Å². The quantitative estimate of drug-likeness (QED) is 0.148. The molecule has 0 saturated carbocycles. The Hall–Kier alpha value is -1.86. The van der Waals surface area contributed by atoms with Crippen LogP contribution in [-0.4, -0.2) is 79.7 Å². The second kappa shape index (κ2) is 17.4. The van der Waals surface area contributed by atoms with Crippen LogP contribution >= 0.6 is 46.4 Å². The lowest BCUT2D eigenvalue weighted by Gasteiger charge is -2.44. The zero-order valence-corrected chi connectivity index (χ0v) is 27.4. The maximum absolute atomic E-state index is 6.04. The van der Waals surface area contributed by atoms with Gasteiger partial charge in [0.2, 0.25) is 0 Å². The largest absolute Gasteiger partial charge is 0.497 e. The molecule has 228 valence electrons. The molecule has 0 aliphatic carbocycles. The van der Waals surface area contributed by atoms with Gasteiger partial charge in [-0.05, 0) is 59.5 Å². The van der Waals surface area contributed by atoms with Crippen LogP contribution < -0.4 is 14.5 Å². The summed E-state index contributed by atoms with van der Waals surface area (Å²) in [5.74, 6) is 3.18. The molecule has 0 spiro atoms. The molecule has 0 atom stereocenters. The van der Waals surface area contributed by atoms with E-state index >= 15 is 0 Å². The van der Waals surface area contributed by atoms with Crippen molar-refractivity contribution in [1.29, 1.82) is 0 Å². The Bertz CT molecular complexity index is 1100. The monoisotopic (exact) mass is 650 g/mol. The summed E-state index contributed by atoms with van der Waals surface area (Å²) in [6.07, 6.45) is 1.26. The zero-order chi connectivity index (χ0) is 29.7. The van der Waals surface area contributed by atoms with Gasteiger partial charge in [0.25, 0.3) is 0 Å². The molecule has 1 aliphatic rings. The minimum Gasteiger partial charge on any atom is -0.497 e. The van der Waals surface area contributed by atoms with Crippen molar-refractivity contribution in [3.8, 4) is 5.75 Å². The van der Waals surface area contributed by atoms with Gasteiger partial charge in [0.05, 0.1) is 13.3 Å². The number of benzene rings is 3. The summed E-state index contributed by atoms with van der Waals surface area (Å²) >= 11 is 24.2. The van der Waals surface area contributed by atoms with Crippen LogP contribution in [0.3, 0.4) is 0 Å². The van der Waals surface area contributed by atoms with Crippen LogP contribution in [0.1, 0.15) is 29.3 Å².